The quantitative estimate of drug-likeness (QED) is 0.414. The van der Waals surface area contributed by atoms with E-state index in [0.29, 0.717) is 37.6 Å². The number of piperidine rings is 2. The maximum atomic E-state index is 13.3. The lowest BCUT2D eigenvalue weighted by Gasteiger charge is -2.43. The van der Waals surface area contributed by atoms with Gasteiger partial charge in [0.05, 0.1) is 13.0 Å². The Labute approximate surface area is 221 Å². The molecule has 0 aromatic heterocycles. The molecule has 35 heavy (non-hydrogen) atoms. The van der Waals surface area contributed by atoms with Crippen molar-refractivity contribution in [3.8, 4) is 5.75 Å². The summed E-state index contributed by atoms with van der Waals surface area (Å²) in [6.45, 7) is 5.25. The molecule has 2 fully saturated rings. The molecule has 188 valence electrons. The Bertz CT molecular complexity index is 1060. The lowest BCUT2D eigenvalue weighted by molar-refractivity contribution is -0.141. The van der Waals surface area contributed by atoms with Crippen LogP contribution in [0.4, 0.5) is 0 Å². The summed E-state index contributed by atoms with van der Waals surface area (Å²) in [6.07, 6.45) is 5.78. The number of hydrogen-bond acceptors (Lipinski definition) is 3. The molecule has 0 bridgehead atoms. The summed E-state index contributed by atoms with van der Waals surface area (Å²) in [6, 6.07) is 13.5. The van der Waals surface area contributed by atoms with Gasteiger partial charge in [-0.05, 0) is 74.4 Å². The predicted octanol–water partition coefficient (Wildman–Crippen LogP) is 6.04. The molecule has 2 heterocycles. The SMILES string of the molecule is Cc1cc(OCC2(CC(=O)N3CCCCC3)CCCN(C(=O)Cc3ccccc3Br)C2)ccc1Cl. The number of rotatable bonds is 7. The third-order valence-corrected chi connectivity index (χ3v) is 8.42. The van der Waals surface area contributed by atoms with Crippen LogP contribution in [0.5, 0.6) is 5.75 Å². The van der Waals surface area contributed by atoms with Crippen molar-refractivity contribution in [3.05, 3.63) is 63.1 Å². The van der Waals surface area contributed by atoms with E-state index in [9.17, 15) is 9.59 Å². The molecule has 0 N–H and O–H groups in total. The van der Waals surface area contributed by atoms with E-state index >= 15 is 0 Å². The lowest BCUT2D eigenvalue weighted by Crippen LogP contribution is -2.51. The van der Waals surface area contributed by atoms with Gasteiger partial charge in [-0.2, -0.15) is 0 Å². The number of amides is 2. The van der Waals surface area contributed by atoms with Crippen molar-refractivity contribution < 1.29 is 14.3 Å². The number of benzene rings is 2. The monoisotopic (exact) mass is 560 g/mol. The van der Waals surface area contributed by atoms with Crippen LogP contribution in [0.2, 0.25) is 5.02 Å². The molecular weight excluding hydrogens is 528 g/mol. The fourth-order valence-corrected chi connectivity index (χ4v) is 5.71. The van der Waals surface area contributed by atoms with Crippen molar-refractivity contribution in [1.29, 1.82) is 0 Å². The first-order valence-corrected chi connectivity index (χ1v) is 13.7. The molecule has 0 aliphatic carbocycles. The summed E-state index contributed by atoms with van der Waals surface area (Å²) in [5, 5.41) is 0.703. The molecule has 2 aromatic rings. The molecule has 0 radical (unpaired) electrons. The molecule has 1 atom stereocenters. The normalized spacial score (nSPS) is 20.5. The molecular formula is C28H34BrClN2O3. The standard InChI is InChI=1S/C28H34BrClN2O3/c1-21-16-23(10-11-25(21)30)35-20-28(18-27(34)31-13-5-2-6-14-31)12-7-15-32(19-28)26(33)17-22-8-3-4-9-24(22)29/h3-4,8-11,16H,2,5-7,12-15,17-20H2,1H3. The van der Waals surface area contributed by atoms with Crippen LogP contribution in [0, 0.1) is 12.3 Å². The number of hydrogen-bond donors (Lipinski definition) is 0. The van der Waals surface area contributed by atoms with Gasteiger partial charge >= 0.3 is 0 Å². The van der Waals surface area contributed by atoms with Gasteiger partial charge in [0.25, 0.3) is 0 Å². The zero-order chi connectivity index (χ0) is 24.8. The number of carbonyl (C=O) groups excluding carboxylic acids is 2. The minimum Gasteiger partial charge on any atom is -0.493 e. The van der Waals surface area contributed by atoms with E-state index in [0.717, 1.165) is 60.1 Å². The summed E-state index contributed by atoms with van der Waals surface area (Å²) >= 11 is 9.75. The van der Waals surface area contributed by atoms with Gasteiger partial charge in [0.2, 0.25) is 11.8 Å². The highest BCUT2D eigenvalue weighted by atomic mass is 79.9. The first-order valence-electron chi connectivity index (χ1n) is 12.5. The van der Waals surface area contributed by atoms with E-state index in [1.54, 1.807) is 0 Å². The van der Waals surface area contributed by atoms with Crippen LogP contribution in [-0.4, -0.2) is 54.4 Å². The second kappa shape index (κ2) is 11.8. The van der Waals surface area contributed by atoms with Gasteiger partial charge in [-0.25, -0.2) is 0 Å². The van der Waals surface area contributed by atoms with E-state index in [1.165, 1.54) is 6.42 Å². The molecule has 2 aliphatic heterocycles. The van der Waals surface area contributed by atoms with Crippen LogP contribution in [-0.2, 0) is 16.0 Å². The maximum Gasteiger partial charge on any atom is 0.227 e. The molecule has 2 amide bonds. The molecule has 7 heteroatoms. The predicted molar refractivity (Wildman–Crippen MR) is 143 cm³/mol. The molecule has 0 spiro atoms. The minimum absolute atomic E-state index is 0.0914. The first-order chi connectivity index (χ1) is 16.8. The molecule has 2 aromatic carbocycles. The average molecular weight is 562 g/mol. The summed E-state index contributed by atoms with van der Waals surface area (Å²) in [5.74, 6) is 1.02. The Kier molecular flexibility index (Phi) is 8.77. The summed E-state index contributed by atoms with van der Waals surface area (Å²) in [5.41, 5.74) is 1.52. The number of ether oxygens (including phenoxy) is 1. The van der Waals surface area contributed by atoms with E-state index in [1.807, 2.05) is 59.2 Å². The highest BCUT2D eigenvalue weighted by molar-refractivity contribution is 9.10. The van der Waals surface area contributed by atoms with Crippen molar-refractivity contribution in [1.82, 2.24) is 9.80 Å². The zero-order valence-electron chi connectivity index (χ0n) is 20.4. The third kappa shape index (κ3) is 6.79. The van der Waals surface area contributed by atoms with Gasteiger partial charge in [0.15, 0.2) is 0 Å². The van der Waals surface area contributed by atoms with Crippen LogP contribution in [0.25, 0.3) is 0 Å². The molecule has 2 aliphatic rings. The van der Waals surface area contributed by atoms with Crippen LogP contribution >= 0.6 is 27.5 Å². The molecule has 5 nitrogen and oxygen atoms in total. The highest BCUT2D eigenvalue weighted by Crippen LogP contribution is 2.36. The zero-order valence-corrected chi connectivity index (χ0v) is 22.7. The summed E-state index contributed by atoms with van der Waals surface area (Å²) < 4.78 is 7.21. The van der Waals surface area contributed by atoms with Crippen LogP contribution in [0.1, 0.15) is 49.7 Å². The fourth-order valence-electron chi connectivity index (χ4n) is 5.17. The Morgan fingerprint density at radius 1 is 1.00 bits per heavy atom. The van der Waals surface area contributed by atoms with Crippen molar-refractivity contribution in [2.75, 3.05) is 32.8 Å². The summed E-state index contributed by atoms with van der Waals surface area (Å²) in [4.78, 5) is 30.6. The Morgan fingerprint density at radius 2 is 1.74 bits per heavy atom. The number of halogens is 2. The van der Waals surface area contributed by atoms with E-state index in [-0.39, 0.29) is 11.8 Å². The maximum absolute atomic E-state index is 13.3. The number of likely N-dealkylation sites (tertiary alicyclic amines) is 2. The van der Waals surface area contributed by atoms with Gasteiger partial charge in [0.1, 0.15) is 5.75 Å². The van der Waals surface area contributed by atoms with Crippen molar-refractivity contribution >= 4 is 39.3 Å². The molecule has 1 unspecified atom stereocenters. The lowest BCUT2D eigenvalue weighted by atomic mass is 9.77. The van der Waals surface area contributed by atoms with Gasteiger partial charge in [-0.15, -0.1) is 0 Å². The van der Waals surface area contributed by atoms with Crippen molar-refractivity contribution in [3.63, 3.8) is 0 Å². The Morgan fingerprint density at radius 3 is 2.49 bits per heavy atom. The fraction of sp³-hybridized carbons (Fsp3) is 0.500. The second-order valence-electron chi connectivity index (χ2n) is 10.0. The number of carbonyl (C=O) groups is 2. The second-order valence-corrected chi connectivity index (χ2v) is 11.3. The van der Waals surface area contributed by atoms with E-state index in [4.69, 9.17) is 16.3 Å². The Balaban J connectivity index is 1.51. The molecule has 2 saturated heterocycles. The smallest absolute Gasteiger partial charge is 0.227 e. The topological polar surface area (TPSA) is 49.9 Å². The van der Waals surface area contributed by atoms with Crippen LogP contribution < -0.4 is 4.74 Å². The van der Waals surface area contributed by atoms with Gasteiger partial charge in [-0.1, -0.05) is 45.7 Å². The third-order valence-electron chi connectivity index (χ3n) is 7.22. The van der Waals surface area contributed by atoms with Crippen LogP contribution in [0.3, 0.4) is 0 Å². The van der Waals surface area contributed by atoms with Gasteiger partial charge in [0, 0.05) is 47.5 Å². The first kappa shape index (κ1) is 26.0. The largest absolute Gasteiger partial charge is 0.493 e. The minimum atomic E-state index is -0.413. The van der Waals surface area contributed by atoms with Crippen molar-refractivity contribution in [2.24, 2.45) is 5.41 Å². The van der Waals surface area contributed by atoms with E-state index < -0.39 is 5.41 Å². The summed E-state index contributed by atoms with van der Waals surface area (Å²) in [7, 11) is 0. The average Bonchev–Trinajstić information content (AvgIpc) is 2.87. The van der Waals surface area contributed by atoms with Crippen molar-refractivity contribution in [2.45, 2.75) is 51.9 Å². The van der Waals surface area contributed by atoms with Gasteiger partial charge in [-0.3, -0.25) is 9.59 Å². The highest BCUT2D eigenvalue weighted by Gasteiger charge is 2.41. The Hall–Kier alpha value is -2.05. The van der Waals surface area contributed by atoms with E-state index in [2.05, 4.69) is 15.9 Å². The van der Waals surface area contributed by atoms with Gasteiger partial charge < -0.3 is 14.5 Å². The van der Waals surface area contributed by atoms with Crippen LogP contribution in [0.15, 0.2) is 46.9 Å². The number of aryl methyl sites for hydroxylation is 1. The molecule has 0 saturated carbocycles. The molecule has 4 rings (SSSR count). The number of nitrogens with zero attached hydrogens (tertiary/aromatic N) is 2.